The minimum Gasteiger partial charge on any atom is -0.370 e. The van der Waals surface area contributed by atoms with Crippen LogP contribution in [0, 0.1) is 6.92 Å². The average Bonchev–Trinajstić information content (AvgIpc) is 2.39. The van der Waals surface area contributed by atoms with Crippen molar-refractivity contribution in [1.82, 2.24) is 4.98 Å². The molecule has 0 N–H and O–H groups in total. The normalized spacial score (nSPS) is 10.1. The summed E-state index contributed by atoms with van der Waals surface area (Å²) < 4.78 is 0. The second kappa shape index (κ2) is 5.45. The summed E-state index contributed by atoms with van der Waals surface area (Å²) >= 11 is 0. The minimum atomic E-state index is 0.714. The summed E-state index contributed by atoms with van der Waals surface area (Å²) in [7, 11) is 2.04. The highest BCUT2D eigenvalue weighted by molar-refractivity contribution is 5.76. The molecule has 0 saturated carbocycles. The van der Waals surface area contributed by atoms with Gasteiger partial charge in [-0.15, -0.1) is 0 Å². The lowest BCUT2D eigenvalue weighted by molar-refractivity contribution is 0.112. The van der Waals surface area contributed by atoms with Gasteiger partial charge in [-0.25, -0.2) is 0 Å². The summed E-state index contributed by atoms with van der Waals surface area (Å²) in [5.41, 5.74) is 4.11. The van der Waals surface area contributed by atoms with Crippen molar-refractivity contribution in [2.75, 3.05) is 11.9 Å². The molecule has 2 rings (SSSR count). The van der Waals surface area contributed by atoms with Crippen LogP contribution in [0.4, 0.5) is 5.69 Å². The highest BCUT2D eigenvalue weighted by Gasteiger charge is 2.06. The molecule has 3 heteroatoms. The highest BCUT2D eigenvalue weighted by atomic mass is 16.1. The first-order chi connectivity index (χ1) is 8.70. The van der Waals surface area contributed by atoms with Gasteiger partial charge < -0.3 is 4.90 Å². The number of rotatable bonds is 4. The van der Waals surface area contributed by atoms with Crippen LogP contribution >= 0.6 is 0 Å². The van der Waals surface area contributed by atoms with E-state index in [4.69, 9.17) is 0 Å². The molecule has 0 bridgehead atoms. The molecule has 1 heterocycles. The first-order valence-corrected chi connectivity index (χ1v) is 5.86. The highest BCUT2D eigenvalue weighted by Crippen LogP contribution is 2.21. The quantitative estimate of drug-likeness (QED) is 0.770. The number of carbonyl (C=O) groups is 1. The van der Waals surface area contributed by atoms with Crippen molar-refractivity contribution in [3.05, 3.63) is 59.4 Å². The maximum Gasteiger partial charge on any atom is 0.150 e. The fourth-order valence-corrected chi connectivity index (χ4v) is 2.03. The Morgan fingerprint density at radius 3 is 2.78 bits per heavy atom. The number of nitrogens with zero attached hydrogens (tertiary/aromatic N) is 2. The summed E-state index contributed by atoms with van der Waals surface area (Å²) in [6.07, 6.45) is 4.51. The lowest BCUT2D eigenvalue weighted by atomic mass is 10.1. The molecule has 2 aromatic rings. The van der Waals surface area contributed by atoms with E-state index < -0.39 is 0 Å². The van der Waals surface area contributed by atoms with Gasteiger partial charge in [-0.3, -0.25) is 9.78 Å². The SMILES string of the molecule is Cc1cc(C=O)ccc1N(C)Cc1cccnc1. The van der Waals surface area contributed by atoms with Crippen LogP contribution in [-0.2, 0) is 6.54 Å². The van der Waals surface area contributed by atoms with Crippen LogP contribution in [0.1, 0.15) is 21.5 Å². The zero-order chi connectivity index (χ0) is 13.0. The molecule has 0 fully saturated rings. The summed E-state index contributed by atoms with van der Waals surface area (Å²) in [6, 6.07) is 9.72. The fraction of sp³-hybridized carbons (Fsp3) is 0.200. The molecule has 0 atom stereocenters. The molecule has 0 saturated heterocycles. The Morgan fingerprint density at radius 2 is 2.17 bits per heavy atom. The number of carbonyl (C=O) groups excluding carboxylic acids is 1. The van der Waals surface area contributed by atoms with E-state index in [-0.39, 0.29) is 0 Å². The molecule has 1 aromatic heterocycles. The van der Waals surface area contributed by atoms with Crippen molar-refractivity contribution in [2.45, 2.75) is 13.5 Å². The van der Waals surface area contributed by atoms with Crippen LogP contribution in [0.5, 0.6) is 0 Å². The van der Waals surface area contributed by atoms with Crippen LogP contribution in [0.25, 0.3) is 0 Å². The molecule has 92 valence electrons. The van der Waals surface area contributed by atoms with Crippen LogP contribution in [0.3, 0.4) is 0 Å². The van der Waals surface area contributed by atoms with Crippen LogP contribution in [0.15, 0.2) is 42.7 Å². The standard InChI is InChI=1S/C15H16N2O/c1-12-8-13(11-18)5-6-15(12)17(2)10-14-4-3-7-16-9-14/h3-9,11H,10H2,1-2H3. The van der Waals surface area contributed by atoms with E-state index in [1.807, 2.05) is 44.4 Å². The second-order valence-electron chi connectivity index (χ2n) is 4.38. The monoisotopic (exact) mass is 240 g/mol. The van der Waals surface area contributed by atoms with Gasteiger partial charge in [0.1, 0.15) is 6.29 Å². The van der Waals surface area contributed by atoms with Crippen molar-refractivity contribution >= 4 is 12.0 Å². The Bertz CT molecular complexity index is 537. The third-order valence-electron chi connectivity index (χ3n) is 2.91. The smallest absolute Gasteiger partial charge is 0.150 e. The number of aromatic nitrogens is 1. The number of anilines is 1. The van der Waals surface area contributed by atoms with Gasteiger partial charge in [0, 0.05) is 37.2 Å². The zero-order valence-corrected chi connectivity index (χ0v) is 10.6. The minimum absolute atomic E-state index is 0.714. The average molecular weight is 240 g/mol. The number of hydrogen-bond donors (Lipinski definition) is 0. The molecule has 0 unspecified atom stereocenters. The van der Waals surface area contributed by atoms with Crippen molar-refractivity contribution in [2.24, 2.45) is 0 Å². The zero-order valence-electron chi connectivity index (χ0n) is 10.6. The topological polar surface area (TPSA) is 33.2 Å². The van der Waals surface area contributed by atoms with E-state index in [2.05, 4.69) is 16.0 Å². The molecule has 0 aliphatic carbocycles. The number of benzene rings is 1. The summed E-state index contributed by atoms with van der Waals surface area (Å²) in [4.78, 5) is 17.0. The van der Waals surface area contributed by atoms with Gasteiger partial charge in [0.25, 0.3) is 0 Å². The molecule has 1 aromatic carbocycles. The molecule has 18 heavy (non-hydrogen) atoms. The van der Waals surface area contributed by atoms with Crippen LogP contribution in [-0.4, -0.2) is 18.3 Å². The van der Waals surface area contributed by atoms with Gasteiger partial charge >= 0.3 is 0 Å². The summed E-state index contributed by atoms with van der Waals surface area (Å²) in [5.74, 6) is 0. The van der Waals surface area contributed by atoms with Gasteiger partial charge in [0.15, 0.2) is 0 Å². The van der Waals surface area contributed by atoms with E-state index in [0.717, 1.165) is 24.1 Å². The third kappa shape index (κ3) is 2.74. The van der Waals surface area contributed by atoms with Crippen LogP contribution < -0.4 is 4.90 Å². The molecule has 3 nitrogen and oxygen atoms in total. The fourth-order valence-electron chi connectivity index (χ4n) is 2.03. The predicted octanol–water partition coefficient (Wildman–Crippen LogP) is 2.84. The van der Waals surface area contributed by atoms with Crippen molar-refractivity contribution in [1.29, 1.82) is 0 Å². The van der Waals surface area contributed by atoms with Gasteiger partial charge in [0.05, 0.1) is 0 Å². The maximum absolute atomic E-state index is 10.7. The molecular formula is C15H16N2O. The molecular weight excluding hydrogens is 224 g/mol. The first kappa shape index (κ1) is 12.3. The number of hydrogen-bond acceptors (Lipinski definition) is 3. The molecule has 0 aliphatic rings. The van der Waals surface area contributed by atoms with Gasteiger partial charge in [0.2, 0.25) is 0 Å². The van der Waals surface area contributed by atoms with E-state index in [0.29, 0.717) is 5.56 Å². The van der Waals surface area contributed by atoms with Crippen molar-refractivity contribution in [3.63, 3.8) is 0 Å². The Labute approximate surface area is 107 Å². The van der Waals surface area contributed by atoms with Crippen LogP contribution in [0.2, 0.25) is 0 Å². The molecule has 0 aliphatic heterocycles. The Hall–Kier alpha value is -2.16. The number of aldehydes is 1. The third-order valence-corrected chi connectivity index (χ3v) is 2.91. The van der Waals surface area contributed by atoms with E-state index in [9.17, 15) is 4.79 Å². The van der Waals surface area contributed by atoms with E-state index >= 15 is 0 Å². The van der Waals surface area contributed by atoms with E-state index in [1.54, 1.807) is 6.20 Å². The van der Waals surface area contributed by atoms with Gasteiger partial charge in [-0.2, -0.15) is 0 Å². The van der Waals surface area contributed by atoms with Crippen molar-refractivity contribution < 1.29 is 4.79 Å². The Morgan fingerprint density at radius 1 is 1.33 bits per heavy atom. The first-order valence-electron chi connectivity index (χ1n) is 5.86. The van der Waals surface area contributed by atoms with Crippen molar-refractivity contribution in [3.8, 4) is 0 Å². The molecule has 0 amide bonds. The Kier molecular flexibility index (Phi) is 3.72. The van der Waals surface area contributed by atoms with E-state index in [1.165, 1.54) is 5.56 Å². The number of aryl methyl sites for hydroxylation is 1. The summed E-state index contributed by atoms with van der Waals surface area (Å²) in [6.45, 7) is 2.82. The predicted molar refractivity (Wildman–Crippen MR) is 72.9 cm³/mol. The lowest BCUT2D eigenvalue weighted by Crippen LogP contribution is -2.17. The molecule has 0 radical (unpaired) electrons. The second-order valence-corrected chi connectivity index (χ2v) is 4.38. The molecule has 0 spiro atoms. The lowest BCUT2D eigenvalue weighted by Gasteiger charge is -2.21. The number of pyridine rings is 1. The van der Waals surface area contributed by atoms with Gasteiger partial charge in [-0.1, -0.05) is 6.07 Å². The summed E-state index contributed by atoms with van der Waals surface area (Å²) in [5, 5.41) is 0. The van der Waals surface area contributed by atoms with Gasteiger partial charge in [-0.05, 0) is 42.3 Å². The maximum atomic E-state index is 10.7. The Balaban J connectivity index is 2.19. The largest absolute Gasteiger partial charge is 0.370 e.